The number of aryl methyl sites for hydroxylation is 1. The Hall–Kier alpha value is -3.02. The summed E-state index contributed by atoms with van der Waals surface area (Å²) in [6.45, 7) is 2.05. The maximum absolute atomic E-state index is 12.9. The molecule has 0 aliphatic heterocycles. The third-order valence-electron chi connectivity index (χ3n) is 4.21. The maximum atomic E-state index is 12.9. The van der Waals surface area contributed by atoms with Crippen LogP contribution in [0.2, 0.25) is 0 Å². The van der Waals surface area contributed by atoms with Gasteiger partial charge in [0.15, 0.2) is 5.88 Å². The predicted molar refractivity (Wildman–Crippen MR) is 97.6 cm³/mol. The molecule has 2 heterocycles. The second kappa shape index (κ2) is 7.91. The topological polar surface area (TPSA) is 78.9 Å². The van der Waals surface area contributed by atoms with Gasteiger partial charge in [0.25, 0.3) is 5.56 Å². The van der Waals surface area contributed by atoms with Crippen molar-refractivity contribution in [1.82, 2.24) is 15.0 Å². The third-order valence-corrected chi connectivity index (χ3v) is 4.21. The average Bonchev–Trinajstić information content (AvgIpc) is 2.64. The number of aromatic nitrogens is 3. The lowest BCUT2D eigenvalue weighted by Crippen LogP contribution is -2.17. The van der Waals surface area contributed by atoms with E-state index in [1.54, 1.807) is 6.07 Å². The smallest absolute Gasteiger partial charge is 0.280 e. The molecule has 3 rings (SSSR count). The van der Waals surface area contributed by atoms with Crippen LogP contribution in [0.4, 0.5) is 4.39 Å². The molecule has 0 spiro atoms. The monoisotopic (exact) mass is 353 g/mol. The molecule has 2 aromatic heterocycles. The van der Waals surface area contributed by atoms with E-state index < -0.39 is 11.5 Å². The van der Waals surface area contributed by atoms with E-state index in [0.717, 1.165) is 29.5 Å². The van der Waals surface area contributed by atoms with Crippen LogP contribution >= 0.6 is 0 Å². The normalized spacial score (nSPS) is 10.8. The van der Waals surface area contributed by atoms with Crippen molar-refractivity contribution in [3.8, 4) is 17.0 Å². The maximum Gasteiger partial charge on any atom is 0.280 e. The molecule has 26 heavy (non-hydrogen) atoms. The fourth-order valence-electron chi connectivity index (χ4n) is 2.72. The molecule has 0 saturated heterocycles. The van der Waals surface area contributed by atoms with Crippen molar-refractivity contribution >= 4 is 0 Å². The van der Waals surface area contributed by atoms with Crippen molar-refractivity contribution in [1.29, 1.82) is 0 Å². The molecule has 0 amide bonds. The van der Waals surface area contributed by atoms with Crippen molar-refractivity contribution in [3.63, 3.8) is 0 Å². The molecule has 0 fully saturated rings. The van der Waals surface area contributed by atoms with Gasteiger partial charge in [-0.05, 0) is 29.7 Å². The molecule has 1 aromatic carbocycles. The van der Waals surface area contributed by atoms with E-state index in [4.69, 9.17) is 0 Å². The van der Waals surface area contributed by atoms with Gasteiger partial charge in [-0.3, -0.25) is 4.79 Å². The van der Waals surface area contributed by atoms with Crippen molar-refractivity contribution in [2.45, 2.75) is 32.6 Å². The summed E-state index contributed by atoms with van der Waals surface area (Å²) in [5, 5.41) is 10.2. The summed E-state index contributed by atoms with van der Waals surface area (Å²) in [6.07, 6.45) is 4.29. The van der Waals surface area contributed by atoms with Gasteiger partial charge in [-0.1, -0.05) is 37.6 Å². The van der Waals surface area contributed by atoms with Gasteiger partial charge in [-0.25, -0.2) is 4.98 Å². The van der Waals surface area contributed by atoms with Gasteiger partial charge in [0.2, 0.25) is 5.95 Å². The molecule has 0 atom stereocenters. The second-order valence-electron chi connectivity index (χ2n) is 6.16. The number of hydrogen-bond acceptors (Lipinski definition) is 4. The van der Waals surface area contributed by atoms with Gasteiger partial charge in [0.05, 0.1) is 5.56 Å². The van der Waals surface area contributed by atoms with Crippen LogP contribution in [-0.4, -0.2) is 20.1 Å². The van der Waals surface area contributed by atoms with Gasteiger partial charge < -0.3 is 10.1 Å². The fourth-order valence-corrected chi connectivity index (χ4v) is 2.72. The van der Waals surface area contributed by atoms with Crippen LogP contribution in [0.3, 0.4) is 0 Å². The standard InChI is InChI=1S/C20H20FN3O2/c1-2-3-4-18-23-19(25)16(20(26)24-18)11-13-5-7-14(8-6-13)15-9-10-17(21)22-12-15/h5-10,12H,2-4,11H2,1H3,(H2,23,24,25,26). The van der Waals surface area contributed by atoms with E-state index in [1.807, 2.05) is 24.3 Å². The minimum Gasteiger partial charge on any atom is -0.494 e. The van der Waals surface area contributed by atoms with Crippen LogP contribution in [0.25, 0.3) is 11.1 Å². The van der Waals surface area contributed by atoms with Crippen molar-refractivity contribution in [3.05, 3.63) is 75.8 Å². The summed E-state index contributed by atoms with van der Waals surface area (Å²) >= 11 is 0. The quantitative estimate of drug-likeness (QED) is 0.664. The van der Waals surface area contributed by atoms with E-state index in [-0.39, 0.29) is 17.9 Å². The van der Waals surface area contributed by atoms with Crippen molar-refractivity contribution in [2.75, 3.05) is 0 Å². The van der Waals surface area contributed by atoms with Crippen LogP contribution < -0.4 is 5.56 Å². The minimum absolute atomic E-state index is 0.122. The number of pyridine rings is 1. The molecule has 0 radical (unpaired) electrons. The molecule has 2 N–H and O–H groups in total. The lowest BCUT2D eigenvalue weighted by Gasteiger charge is -2.07. The van der Waals surface area contributed by atoms with Gasteiger partial charge in [-0.2, -0.15) is 9.37 Å². The van der Waals surface area contributed by atoms with E-state index in [9.17, 15) is 14.3 Å². The lowest BCUT2D eigenvalue weighted by atomic mass is 10.0. The van der Waals surface area contributed by atoms with Gasteiger partial charge in [0, 0.05) is 24.6 Å². The second-order valence-corrected chi connectivity index (χ2v) is 6.16. The molecule has 5 nitrogen and oxygen atoms in total. The van der Waals surface area contributed by atoms with Crippen LogP contribution in [0.15, 0.2) is 47.4 Å². The molecular formula is C20H20FN3O2. The molecule has 0 saturated carbocycles. The Morgan fingerprint density at radius 3 is 2.46 bits per heavy atom. The molecule has 0 bridgehead atoms. The molecule has 0 unspecified atom stereocenters. The zero-order chi connectivity index (χ0) is 18.5. The first-order valence-electron chi connectivity index (χ1n) is 8.58. The highest BCUT2D eigenvalue weighted by Crippen LogP contribution is 2.21. The highest BCUT2D eigenvalue weighted by molar-refractivity contribution is 5.62. The van der Waals surface area contributed by atoms with E-state index in [1.165, 1.54) is 12.3 Å². The van der Waals surface area contributed by atoms with Gasteiger partial charge in [0.1, 0.15) is 5.82 Å². The Labute approximate surface area is 150 Å². The number of aromatic hydroxyl groups is 1. The number of hydrogen-bond donors (Lipinski definition) is 2. The molecule has 0 aliphatic rings. The minimum atomic E-state index is -0.519. The number of halogens is 1. The predicted octanol–water partition coefficient (Wildman–Crippen LogP) is 3.61. The summed E-state index contributed by atoms with van der Waals surface area (Å²) in [5.74, 6) is -0.130. The Morgan fingerprint density at radius 1 is 1.12 bits per heavy atom. The van der Waals surface area contributed by atoms with E-state index in [0.29, 0.717) is 12.2 Å². The molecular weight excluding hydrogens is 333 g/mol. The third kappa shape index (κ3) is 4.14. The van der Waals surface area contributed by atoms with Crippen LogP contribution in [0.5, 0.6) is 5.88 Å². The van der Waals surface area contributed by atoms with Crippen LogP contribution in [0.1, 0.15) is 36.7 Å². The molecule has 0 aliphatic carbocycles. The number of aromatic amines is 1. The van der Waals surface area contributed by atoms with Crippen LogP contribution in [0, 0.1) is 5.95 Å². The number of unbranched alkanes of at least 4 members (excludes halogenated alkanes) is 1. The number of rotatable bonds is 6. The fraction of sp³-hybridized carbons (Fsp3) is 0.250. The summed E-state index contributed by atoms with van der Waals surface area (Å²) in [4.78, 5) is 22.7. The number of benzene rings is 1. The number of nitrogens with one attached hydrogen (secondary N) is 1. The summed E-state index contributed by atoms with van der Waals surface area (Å²) in [5.41, 5.74) is 2.42. The SMILES string of the molecule is CCCCc1nc(=O)c(Cc2ccc(-c3ccc(F)nc3)cc2)c(O)[nH]1. The van der Waals surface area contributed by atoms with Gasteiger partial charge >= 0.3 is 0 Å². The summed E-state index contributed by atoms with van der Waals surface area (Å²) in [7, 11) is 0. The molecule has 6 heteroatoms. The Morgan fingerprint density at radius 2 is 1.85 bits per heavy atom. The lowest BCUT2D eigenvalue weighted by molar-refractivity contribution is 0.440. The average molecular weight is 353 g/mol. The number of nitrogens with zero attached hydrogens (tertiary/aromatic N) is 2. The van der Waals surface area contributed by atoms with Crippen molar-refractivity contribution < 1.29 is 9.50 Å². The highest BCUT2D eigenvalue weighted by Gasteiger charge is 2.11. The van der Waals surface area contributed by atoms with E-state index >= 15 is 0 Å². The summed E-state index contributed by atoms with van der Waals surface area (Å²) in [6, 6.07) is 10.4. The Bertz CT molecular complexity index is 935. The zero-order valence-electron chi connectivity index (χ0n) is 14.5. The van der Waals surface area contributed by atoms with Crippen molar-refractivity contribution in [2.24, 2.45) is 0 Å². The summed E-state index contributed by atoms with van der Waals surface area (Å²) < 4.78 is 12.9. The first kappa shape index (κ1) is 17.8. The largest absolute Gasteiger partial charge is 0.494 e. The van der Waals surface area contributed by atoms with E-state index in [2.05, 4.69) is 21.9 Å². The van der Waals surface area contributed by atoms with Gasteiger partial charge in [-0.15, -0.1) is 0 Å². The Kier molecular flexibility index (Phi) is 5.41. The number of H-pyrrole nitrogens is 1. The first-order valence-corrected chi connectivity index (χ1v) is 8.58. The Balaban J connectivity index is 1.79. The van der Waals surface area contributed by atoms with Crippen LogP contribution in [-0.2, 0) is 12.8 Å². The first-order chi connectivity index (χ1) is 12.6. The molecule has 134 valence electrons. The zero-order valence-corrected chi connectivity index (χ0v) is 14.5. The molecule has 3 aromatic rings. The highest BCUT2D eigenvalue weighted by atomic mass is 19.1.